The van der Waals surface area contributed by atoms with Gasteiger partial charge in [0.15, 0.2) is 0 Å². The number of hydrogen-bond donors (Lipinski definition) is 1. The first kappa shape index (κ1) is 29.2. The molecular formula is C20H29Cl2O2Ti-2. The standard InChI is InChI=1S/C11H16O2.C6H7.C3H6.2ClH.Ti/c1-11(2,3)8-5-9(12)7-10(6-8)13-4;1-6-4-2-3-5-6;1-3-2;;;/h5-7,12H,1-4H3;2,4H,3H2,1H3;1-2H3;2*1H;/q;-1;;;;+1/p-2. The molecule has 0 bridgehead atoms. The van der Waals surface area contributed by atoms with E-state index in [0.29, 0.717) is 5.75 Å². The SMILES string of the molecule is CC1=[C-]CC=C1.COc1cc(O)cc(C(C)(C)C)c1.C[C](C)=[Ti+].[Cl-].[Cl-]. The van der Waals surface area contributed by atoms with Crippen LogP contribution < -0.4 is 29.6 Å². The van der Waals surface area contributed by atoms with Crippen molar-refractivity contribution in [3.05, 3.63) is 47.6 Å². The fraction of sp³-hybridized carbons (Fsp3) is 0.450. The molecule has 0 saturated carbocycles. The van der Waals surface area contributed by atoms with Crippen molar-refractivity contribution in [1.82, 2.24) is 0 Å². The van der Waals surface area contributed by atoms with Crippen molar-refractivity contribution in [2.45, 2.75) is 53.4 Å². The molecule has 1 N–H and O–H groups in total. The number of hydrogen-bond acceptors (Lipinski definition) is 2. The quantitative estimate of drug-likeness (QED) is 0.474. The first-order valence-electron chi connectivity index (χ1n) is 7.70. The zero-order valence-electron chi connectivity index (χ0n) is 16.2. The topological polar surface area (TPSA) is 29.5 Å². The molecular weight excluding hydrogens is 391 g/mol. The summed E-state index contributed by atoms with van der Waals surface area (Å²) in [6.07, 6.45) is 8.33. The van der Waals surface area contributed by atoms with Crippen LogP contribution in [0.2, 0.25) is 0 Å². The minimum atomic E-state index is 0. The van der Waals surface area contributed by atoms with Gasteiger partial charge in [0.05, 0.1) is 7.11 Å². The molecule has 0 atom stereocenters. The number of aromatic hydroxyl groups is 1. The Labute approximate surface area is 177 Å². The number of phenolic OH excluding ortho intramolecular Hbond substituents is 1. The third-order valence-corrected chi connectivity index (χ3v) is 2.86. The second kappa shape index (κ2) is 14.6. The molecule has 0 radical (unpaired) electrons. The van der Waals surface area contributed by atoms with E-state index in [4.69, 9.17) is 4.74 Å². The summed E-state index contributed by atoms with van der Waals surface area (Å²) in [6, 6.07) is 5.32. The van der Waals surface area contributed by atoms with Crippen molar-refractivity contribution in [2.75, 3.05) is 7.11 Å². The van der Waals surface area contributed by atoms with Crippen molar-refractivity contribution >= 4 is 3.81 Å². The van der Waals surface area contributed by atoms with E-state index in [1.54, 1.807) is 19.2 Å². The van der Waals surface area contributed by atoms with E-state index in [1.165, 1.54) is 9.38 Å². The van der Waals surface area contributed by atoms with Gasteiger partial charge < -0.3 is 34.7 Å². The zero-order chi connectivity index (χ0) is 18.0. The molecule has 1 aliphatic rings. The fourth-order valence-corrected chi connectivity index (χ4v) is 1.65. The summed E-state index contributed by atoms with van der Waals surface area (Å²) in [5.41, 5.74) is 2.38. The van der Waals surface area contributed by atoms with Crippen molar-refractivity contribution in [3.63, 3.8) is 0 Å². The molecule has 0 aromatic heterocycles. The smallest absolute Gasteiger partial charge is 1.00 e. The van der Waals surface area contributed by atoms with E-state index < -0.39 is 0 Å². The Kier molecular flexibility index (Phi) is 17.1. The Morgan fingerprint density at radius 1 is 1.16 bits per heavy atom. The van der Waals surface area contributed by atoms with Crippen LogP contribution >= 0.6 is 0 Å². The summed E-state index contributed by atoms with van der Waals surface area (Å²) < 4.78 is 6.49. The number of halogens is 2. The summed E-state index contributed by atoms with van der Waals surface area (Å²) in [5.74, 6) is 0.953. The Morgan fingerprint density at radius 3 is 1.96 bits per heavy atom. The van der Waals surface area contributed by atoms with E-state index >= 15 is 0 Å². The Hall–Kier alpha value is -0.536. The number of phenols is 1. The molecule has 2 rings (SSSR count). The van der Waals surface area contributed by atoms with E-state index in [-0.39, 0.29) is 36.0 Å². The summed E-state index contributed by atoms with van der Waals surface area (Å²) in [4.78, 5) is 0. The number of methoxy groups -OCH3 is 1. The second-order valence-electron chi connectivity index (χ2n) is 6.64. The molecule has 0 fully saturated rings. The number of benzene rings is 1. The van der Waals surface area contributed by atoms with Gasteiger partial charge in [-0.3, -0.25) is 6.08 Å². The molecule has 25 heavy (non-hydrogen) atoms. The van der Waals surface area contributed by atoms with Gasteiger partial charge in [-0.2, -0.15) is 6.08 Å². The molecule has 5 heteroatoms. The first-order valence-corrected chi connectivity index (χ1v) is 8.48. The van der Waals surface area contributed by atoms with Crippen molar-refractivity contribution in [3.8, 4) is 11.5 Å². The van der Waals surface area contributed by atoms with Crippen LogP contribution in [0.15, 0.2) is 35.9 Å². The number of ether oxygens (including phenoxy) is 1. The monoisotopic (exact) mass is 419 g/mol. The van der Waals surface area contributed by atoms with Gasteiger partial charge in [0, 0.05) is 6.07 Å². The average Bonchev–Trinajstić information content (AvgIpc) is 2.88. The van der Waals surface area contributed by atoms with Crippen molar-refractivity contribution in [1.29, 1.82) is 0 Å². The summed E-state index contributed by atoms with van der Waals surface area (Å²) in [6.45, 7) is 12.5. The van der Waals surface area contributed by atoms with Gasteiger partial charge in [-0.05, 0) is 23.1 Å². The minimum Gasteiger partial charge on any atom is -1.00 e. The first-order chi connectivity index (χ1) is 10.6. The molecule has 0 heterocycles. The molecule has 0 aliphatic heterocycles. The molecule has 1 aromatic carbocycles. The predicted octanol–water partition coefficient (Wildman–Crippen LogP) is -0.853. The molecule has 1 aliphatic carbocycles. The fourth-order valence-electron chi connectivity index (χ4n) is 1.65. The zero-order valence-corrected chi connectivity index (χ0v) is 19.3. The summed E-state index contributed by atoms with van der Waals surface area (Å²) in [5, 5.41) is 9.41. The largest absolute Gasteiger partial charge is 1.00 e. The van der Waals surface area contributed by atoms with E-state index in [2.05, 4.69) is 79.7 Å². The third-order valence-electron chi connectivity index (χ3n) is 2.86. The van der Waals surface area contributed by atoms with E-state index in [9.17, 15) is 5.11 Å². The van der Waals surface area contributed by atoms with Crippen molar-refractivity contribution in [2.24, 2.45) is 0 Å². The van der Waals surface area contributed by atoms with Crippen LogP contribution in [-0.4, -0.2) is 16.0 Å². The molecule has 141 valence electrons. The van der Waals surface area contributed by atoms with E-state index in [1.807, 2.05) is 6.07 Å². The van der Waals surface area contributed by atoms with Gasteiger partial charge in [-0.25, -0.2) is 11.6 Å². The molecule has 2 nitrogen and oxygen atoms in total. The molecule has 1 aromatic rings. The van der Waals surface area contributed by atoms with Gasteiger partial charge in [-0.15, -0.1) is 6.42 Å². The molecule has 0 amide bonds. The van der Waals surface area contributed by atoms with Crippen LogP contribution in [0.3, 0.4) is 0 Å². The molecule has 0 unspecified atom stereocenters. The van der Waals surface area contributed by atoms with Gasteiger partial charge >= 0.3 is 37.6 Å². The van der Waals surface area contributed by atoms with Gasteiger partial charge in [0.1, 0.15) is 11.5 Å². The Balaban J connectivity index is -0.000000339. The number of allylic oxidation sites excluding steroid dienone is 4. The van der Waals surface area contributed by atoms with Crippen LogP contribution in [0, 0.1) is 6.08 Å². The number of rotatable bonds is 1. The van der Waals surface area contributed by atoms with Crippen LogP contribution in [-0.2, 0) is 25.4 Å². The maximum atomic E-state index is 9.41. The van der Waals surface area contributed by atoms with Gasteiger partial charge in [0.25, 0.3) is 0 Å². The van der Waals surface area contributed by atoms with Gasteiger partial charge in [0.2, 0.25) is 0 Å². The van der Waals surface area contributed by atoms with Crippen LogP contribution in [0.25, 0.3) is 0 Å². The second-order valence-corrected chi connectivity index (χ2v) is 8.20. The molecule has 0 saturated heterocycles. The van der Waals surface area contributed by atoms with Crippen LogP contribution in [0.4, 0.5) is 0 Å². The predicted molar refractivity (Wildman–Crippen MR) is 95.9 cm³/mol. The molecule has 0 spiro atoms. The minimum absolute atomic E-state index is 0. The average molecular weight is 420 g/mol. The normalized spacial score (nSPS) is 11.5. The summed E-state index contributed by atoms with van der Waals surface area (Å²) >= 11 is 2.08. The van der Waals surface area contributed by atoms with Crippen LogP contribution in [0.1, 0.15) is 53.5 Å². The Bertz CT molecular complexity index is 567. The summed E-state index contributed by atoms with van der Waals surface area (Å²) in [7, 11) is 1.60. The van der Waals surface area contributed by atoms with E-state index in [0.717, 1.165) is 12.0 Å². The third kappa shape index (κ3) is 15.4. The Morgan fingerprint density at radius 2 is 1.68 bits per heavy atom. The van der Waals surface area contributed by atoms with Crippen LogP contribution in [0.5, 0.6) is 11.5 Å². The maximum absolute atomic E-state index is 9.41. The van der Waals surface area contributed by atoms with Crippen molar-refractivity contribution < 1.29 is 54.6 Å². The van der Waals surface area contributed by atoms with Gasteiger partial charge in [-0.1, -0.05) is 27.7 Å². The maximum Gasteiger partial charge on any atom is -1.00 e.